The number of aryl methyl sites for hydroxylation is 2. The van der Waals surface area contributed by atoms with Gasteiger partial charge in [0.05, 0.1) is 5.69 Å². The predicted molar refractivity (Wildman–Crippen MR) is 64.0 cm³/mol. The van der Waals surface area contributed by atoms with Crippen LogP contribution in [0.15, 0.2) is 0 Å². The minimum absolute atomic E-state index is 0.0197. The standard InChI is InChI=1S/C11H16N2O2S/c1-7-8(2)16-11(12-7)13(3)10(14)9-5-4-6-15-9/h9H,4-6H2,1-3H3. The molecule has 1 aliphatic rings. The van der Waals surface area contributed by atoms with E-state index in [4.69, 9.17) is 4.74 Å². The van der Waals surface area contributed by atoms with Crippen LogP contribution >= 0.6 is 11.3 Å². The number of carbonyl (C=O) groups excluding carboxylic acids is 1. The minimum Gasteiger partial charge on any atom is -0.368 e. The molecule has 1 aromatic heterocycles. The lowest BCUT2D eigenvalue weighted by Gasteiger charge is -2.17. The molecule has 1 aromatic rings. The molecule has 1 saturated heterocycles. The van der Waals surface area contributed by atoms with Crippen molar-refractivity contribution in [2.24, 2.45) is 0 Å². The zero-order valence-corrected chi connectivity index (χ0v) is 10.6. The van der Waals surface area contributed by atoms with Gasteiger partial charge >= 0.3 is 0 Å². The van der Waals surface area contributed by atoms with Crippen molar-refractivity contribution < 1.29 is 9.53 Å². The molecule has 0 N–H and O–H groups in total. The smallest absolute Gasteiger partial charge is 0.257 e. The van der Waals surface area contributed by atoms with Crippen LogP contribution in [0.1, 0.15) is 23.4 Å². The summed E-state index contributed by atoms with van der Waals surface area (Å²) in [5.74, 6) is 0.0197. The highest BCUT2D eigenvalue weighted by molar-refractivity contribution is 7.15. The number of thiazole rings is 1. The van der Waals surface area contributed by atoms with Crippen LogP contribution < -0.4 is 4.90 Å². The molecule has 0 bridgehead atoms. The van der Waals surface area contributed by atoms with Gasteiger partial charge in [-0.25, -0.2) is 4.98 Å². The van der Waals surface area contributed by atoms with Crippen molar-refractivity contribution in [2.75, 3.05) is 18.6 Å². The molecule has 88 valence electrons. The summed E-state index contributed by atoms with van der Waals surface area (Å²) in [6, 6.07) is 0. The summed E-state index contributed by atoms with van der Waals surface area (Å²) < 4.78 is 5.38. The Hall–Kier alpha value is -0.940. The largest absolute Gasteiger partial charge is 0.368 e. The van der Waals surface area contributed by atoms with E-state index < -0.39 is 0 Å². The fourth-order valence-corrected chi connectivity index (χ4v) is 2.56. The van der Waals surface area contributed by atoms with Gasteiger partial charge < -0.3 is 4.74 Å². The van der Waals surface area contributed by atoms with Gasteiger partial charge in [0.25, 0.3) is 5.91 Å². The SMILES string of the molecule is Cc1nc(N(C)C(=O)C2CCCO2)sc1C. The highest BCUT2D eigenvalue weighted by atomic mass is 32.1. The van der Waals surface area contributed by atoms with Crippen molar-refractivity contribution in [3.8, 4) is 0 Å². The van der Waals surface area contributed by atoms with Crippen LogP contribution in [-0.4, -0.2) is 30.6 Å². The van der Waals surface area contributed by atoms with Crippen LogP contribution in [0, 0.1) is 13.8 Å². The lowest BCUT2D eigenvalue weighted by Crippen LogP contribution is -2.35. The van der Waals surface area contributed by atoms with E-state index in [2.05, 4.69) is 4.98 Å². The normalized spacial score (nSPS) is 20.1. The molecule has 1 aliphatic heterocycles. The number of ether oxygens (including phenoxy) is 1. The fraction of sp³-hybridized carbons (Fsp3) is 0.636. The maximum Gasteiger partial charge on any atom is 0.257 e. The van der Waals surface area contributed by atoms with Gasteiger partial charge in [0, 0.05) is 18.5 Å². The summed E-state index contributed by atoms with van der Waals surface area (Å²) in [6.45, 7) is 4.67. The number of nitrogens with zero attached hydrogens (tertiary/aromatic N) is 2. The first-order valence-electron chi connectivity index (χ1n) is 5.43. The van der Waals surface area contributed by atoms with E-state index in [1.807, 2.05) is 13.8 Å². The molecule has 0 aliphatic carbocycles. The lowest BCUT2D eigenvalue weighted by molar-refractivity contribution is -0.127. The summed E-state index contributed by atoms with van der Waals surface area (Å²) >= 11 is 1.55. The van der Waals surface area contributed by atoms with E-state index >= 15 is 0 Å². The Bertz CT molecular complexity index is 377. The molecule has 1 amide bonds. The molecule has 1 unspecified atom stereocenters. The number of carbonyl (C=O) groups is 1. The van der Waals surface area contributed by atoms with Gasteiger partial charge in [-0.3, -0.25) is 9.69 Å². The van der Waals surface area contributed by atoms with Gasteiger partial charge in [0.1, 0.15) is 6.10 Å². The fourth-order valence-electron chi connectivity index (χ4n) is 1.68. The molecule has 1 fully saturated rings. The number of likely N-dealkylation sites (N-methyl/N-ethyl adjacent to an activating group) is 1. The van der Waals surface area contributed by atoms with Crippen molar-refractivity contribution in [2.45, 2.75) is 32.8 Å². The number of hydrogen-bond acceptors (Lipinski definition) is 4. The van der Waals surface area contributed by atoms with Crippen molar-refractivity contribution in [1.82, 2.24) is 4.98 Å². The monoisotopic (exact) mass is 240 g/mol. The average molecular weight is 240 g/mol. The molecule has 0 aromatic carbocycles. The highest BCUT2D eigenvalue weighted by Gasteiger charge is 2.28. The number of rotatable bonds is 2. The Morgan fingerprint density at radius 1 is 1.56 bits per heavy atom. The van der Waals surface area contributed by atoms with Crippen LogP contribution in [-0.2, 0) is 9.53 Å². The molecule has 2 heterocycles. The average Bonchev–Trinajstić information content (AvgIpc) is 2.87. The Labute approximate surface area is 99.2 Å². The molecule has 2 rings (SSSR count). The topological polar surface area (TPSA) is 42.4 Å². The third-order valence-corrected chi connectivity index (χ3v) is 3.99. The lowest BCUT2D eigenvalue weighted by atomic mass is 10.2. The molecular formula is C11H16N2O2S. The molecule has 4 nitrogen and oxygen atoms in total. The maximum atomic E-state index is 12.0. The summed E-state index contributed by atoms with van der Waals surface area (Å²) in [6.07, 6.45) is 1.53. The number of hydrogen-bond donors (Lipinski definition) is 0. The van der Waals surface area contributed by atoms with Crippen LogP contribution in [0.5, 0.6) is 0 Å². The second kappa shape index (κ2) is 4.51. The van der Waals surface area contributed by atoms with E-state index in [1.165, 1.54) is 0 Å². The first-order valence-corrected chi connectivity index (χ1v) is 6.24. The molecular weight excluding hydrogens is 224 g/mol. The van der Waals surface area contributed by atoms with Crippen LogP contribution in [0.3, 0.4) is 0 Å². The van der Waals surface area contributed by atoms with E-state index in [-0.39, 0.29) is 12.0 Å². The first-order chi connectivity index (χ1) is 7.59. The van der Waals surface area contributed by atoms with Gasteiger partial charge in [-0.15, -0.1) is 11.3 Å². The minimum atomic E-state index is -0.269. The summed E-state index contributed by atoms with van der Waals surface area (Å²) in [7, 11) is 1.77. The zero-order chi connectivity index (χ0) is 11.7. The predicted octanol–water partition coefficient (Wildman–Crippen LogP) is 1.90. The Morgan fingerprint density at radius 2 is 2.31 bits per heavy atom. The Kier molecular flexibility index (Phi) is 3.25. The first kappa shape index (κ1) is 11.5. The summed E-state index contributed by atoms with van der Waals surface area (Å²) in [5.41, 5.74) is 0.993. The molecule has 0 saturated carbocycles. The van der Waals surface area contributed by atoms with E-state index in [9.17, 15) is 4.79 Å². The second-order valence-electron chi connectivity index (χ2n) is 4.04. The van der Waals surface area contributed by atoms with Gasteiger partial charge in [-0.05, 0) is 26.7 Å². The third-order valence-electron chi connectivity index (χ3n) is 2.84. The van der Waals surface area contributed by atoms with Crippen molar-refractivity contribution in [3.05, 3.63) is 10.6 Å². The van der Waals surface area contributed by atoms with E-state index in [0.717, 1.165) is 28.5 Å². The van der Waals surface area contributed by atoms with Crippen LogP contribution in [0.25, 0.3) is 0 Å². The number of amides is 1. The highest BCUT2D eigenvalue weighted by Crippen LogP contribution is 2.26. The van der Waals surface area contributed by atoms with Gasteiger partial charge in [0.15, 0.2) is 5.13 Å². The second-order valence-corrected chi connectivity index (χ2v) is 5.22. The molecule has 1 atom stereocenters. The van der Waals surface area contributed by atoms with Crippen LogP contribution in [0.4, 0.5) is 5.13 Å². The maximum absolute atomic E-state index is 12.0. The molecule has 0 spiro atoms. The van der Waals surface area contributed by atoms with Crippen LogP contribution in [0.2, 0.25) is 0 Å². The van der Waals surface area contributed by atoms with Crippen molar-refractivity contribution in [1.29, 1.82) is 0 Å². The number of anilines is 1. The molecule has 16 heavy (non-hydrogen) atoms. The quantitative estimate of drug-likeness (QED) is 0.793. The molecule has 5 heteroatoms. The van der Waals surface area contributed by atoms with Gasteiger partial charge in [-0.2, -0.15) is 0 Å². The van der Waals surface area contributed by atoms with Gasteiger partial charge in [0.2, 0.25) is 0 Å². The third kappa shape index (κ3) is 2.10. The Morgan fingerprint density at radius 3 is 2.81 bits per heavy atom. The van der Waals surface area contributed by atoms with E-state index in [1.54, 1.807) is 23.3 Å². The van der Waals surface area contributed by atoms with Gasteiger partial charge in [-0.1, -0.05) is 0 Å². The van der Waals surface area contributed by atoms with Crippen molar-refractivity contribution in [3.63, 3.8) is 0 Å². The van der Waals surface area contributed by atoms with E-state index in [0.29, 0.717) is 6.61 Å². The van der Waals surface area contributed by atoms with Crippen molar-refractivity contribution >= 4 is 22.4 Å². The Balaban J connectivity index is 2.11. The number of aromatic nitrogens is 1. The zero-order valence-electron chi connectivity index (χ0n) is 9.82. The molecule has 0 radical (unpaired) electrons. The summed E-state index contributed by atoms with van der Waals surface area (Å²) in [5, 5.41) is 0.760. The summed E-state index contributed by atoms with van der Waals surface area (Å²) in [4.78, 5) is 19.2.